The Balaban J connectivity index is 0. The summed E-state index contributed by atoms with van der Waals surface area (Å²) in [5.74, 6) is 0. The Hall–Kier alpha value is 1.30. The predicted molar refractivity (Wildman–Crippen MR) is 50.6 cm³/mol. The molecule has 0 amide bonds. The second kappa shape index (κ2) is 10.3. The van der Waals surface area contributed by atoms with Crippen LogP contribution in [0.4, 0.5) is 0 Å². The monoisotopic (exact) mass is 293 g/mol. The molecule has 0 aromatic rings. The SMILES string of the molecule is CC(C)[NH2+]C(C)C.[Se]=P[Se-]. The zero-order chi connectivity index (χ0) is 8.57. The molecule has 0 unspecified atom stereocenters. The van der Waals surface area contributed by atoms with Crippen LogP contribution in [0.1, 0.15) is 27.7 Å². The molecule has 10 heavy (non-hydrogen) atoms. The molecule has 0 bridgehead atoms. The van der Waals surface area contributed by atoms with Crippen LogP contribution in [0.15, 0.2) is 0 Å². The van der Waals surface area contributed by atoms with E-state index < -0.39 is 0 Å². The zero-order valence-electron chi connectivity index (χ0n) is 7.00. The van der Waals surface area contributed by atoms with Crippen LogP contribution in [0.5, 0.6) is 0 Å². The maximum absolute atomic E-state index is 2.72. The summed E-state index contributed by atoms with van der Waals surface area (Å²) < 4.78 is 0. The molecule has 1 nitrogen and oxygen atoms in total. The normalized spacial score (nSPS) is 9.90. The zero-order valence-corrected chi connectivity index (χ0v) is 11.3. The number of hydrogen-bond donors (Lipinski definition) is 1. The minimum atomic E-state index is 0.750. The number of quaternary nitrogens is 1. The average molecular weight is 291 g/mol. The van der Waals surface area contributed by atoms with Gasteiger partial charge in [-0.3, -0.25) is 0 Å². The third-order valence-electron chi connectivity index (χ3n) is 0.770. The van der Waals surface area contributed by atoms with Crippen molar-refractivity contribution < 1.29 is 5.32 Å². The molecule has 0 rings (SSSR count). The third kappa shape index (κ3) is 22.8. The Morgan fingerprint density at radius 2 is 1.40 bits per heavy atom. The van der Waals surface area contributed by atoms with Crippen molar-refractivity contribution in [3.8, 4) is 0 Å². The molecule has 0 saturated heterocycles. The Labute approximate surface area is 81.2 Å². The molecule has 0 aliphatic heterocycles. The van der Waals surface area contributed by atoms with E-state index in [1.165, 1.54) is 5.52 Å². The fourth-order valence-electron chi connectivity index (χ4n) is 0.770. The molecule has 0 fully saturated rings. The van der Waals surface area contributed by atoms with E-state index in [1.54, 1.807) is 0 Å². The van der Waals surface area contributed by atoms with E-state index >= 15 is 0 Å². The summed E-state index contributed by atoms with van der Waals surface area (Å²) in [6, 6.07) is 1.50. The molecule has 0 saturated carbocycles. The molecular formula is C6H16NPSe2. The van der Waals surface area contributed by atoms with Crippen molar-refractivity contribution >= 4 is 36.2 Å². The molecule has 62 valence electrons. The van der Waals surface area contributed by atoms with E-state index in [9.17, 15) is 0 Å². The van der Waals surface area contributed by atoms with Crippen LogP contribution in [-0.4, -0.2) is 42.8 Å². The van der Waals surface area contributed by atoms with E-state index in [4.69, 9.17) is 0 Å². The van der Waals surface area contributed by atoms with Gasteiger partial charge in [-0.1, -0.05) is 0 Å². The Kier molecular flexibility index (Phi) is 14.3. The van der Waals surface area contributed by atoms with E-state index in [-0.39, 0.29) is 0 Å². The molecule has 0 aromatic heterocycles. The van der Waals surface area contributed by atoms with Gasteiger partial charge in [0.15, 0.2) is 0 Å². The standard InChI is InChI=1S/C6H15N.HPSe2/c1-5(2)7-6(3)4;2-1-3/h5-7H,1-4H3;(H,2,3). The molecule has 2 N–H and O–H groups in total. The Bertz CT molecular complexity index is 70.1. The average Bonchev–Trinajstić information content (AvgIpc) is 1.62. The van der Waals surface area contributed by atoms with Crippen molar-refractivity contribution in [2.24, 2.45) is 0 Å². The fraction of sp³-hybridized carbons (Fsp3) is 1.00. The topological polar surface area (TPSA) is 16.6 Å². The number of rotatable bonds is 2. The van der Waals surface area contributed by atoms with Gasteiger partial charge in [0.05, 0.1) is 12.1 Å². The van der Waals surface area contributed by atoms with E-state index in [0.29, 0.717) is 0 Å². The minimum absolute atomic E-state index is 0.750. The summed E-state index contributed by atoms with van der Waals surface area (Å²) in [6.07, 6.45) is 0. The van der Waals surface area contributed by atoms with Crippen LogP contribution in [-0.2, 0) is 0 Å². The first kappa shape index (κ1) is 13.9. The van der Waals surface area contributed by atoms with Crippen LogP contribution >= 0.6 is 5.52 Å². The summed E-state index contributed by atoms with van der Waals surface area (Å²) in [7, 11) is 0. The summed E-state index contributed by atoms with van der Waals surface area (Å²) in [4.78, 5) is 0. The van der Waals surface area contributed by atoms with E-state index in [0.717, 1.165) is 12.1 Å². The van der Waals surface area contributed by atoms with Gasteiger partial charge in [-0.15, -0.1) is 0 Å². The van der Waals surface area contributed by atoms with Crippen LogP contribution in [0.2, 0.25) is 0 Å². The molecule has 0 radical (unpaired) electrons. The summed E-state index contributed by atoms with van der Waals surface area (Å²) in [5, 5.41) is 2.33. The van der Waals surface area contributed by atoms with Gasteiger partial charge in [-0.05, 0) is 27.7 Å². The molecule has 0 heterocycles. The molecule has 0 aromatic carbocycles. The van der Waals surface area contributed by atoms with Gasteiger partial charge >= 0.3 is 36.2 Å². The molecule has 0 aliphatic rings. The van der Waals surface area contributed by atoms with Gasteiger partial charge in [0.2, 0.25) is 0 Å². The van der Waals surface area contributed by atoms with Gasteiger partial charge < -0.3 is 5.32 Å². The number of hydrogen-bond acceptors (Lipinski definition) is 0. The van der Waals surface area contributed by atoms with Crippen molar-refractivity contribution in [1.29, 1.82) is 0 Å². The first-order valence-electron chi connectivity index (χ1n) is 3.34. The molecule has 0 spiro atoms. The third-order valence-corrected chi connectivity index (χ3v) is 0.770. The first-order valence-corrected chi connectivity index (χ1v) is 8.67. The Morgan fingerprint density at radius 1 is 1.20 bits per heavy atom. The quantitative estimate of drug-likeness (QED) is 0.562. The number of nitrogens with two attached hydrogens (primary N) is 1. The van der Waals surface area contributed by atoms with Gasteiger partial charge in [-0.2, -0.15) is 0 Å². The van der Waals surface area contributed by atoms with Gasteiger partial charge in [0, 0.05) is 0 Å². The molecular weight excluding hydrogens is 275 g/mol. The fourth-order valence-corrected chi connectivity index (χ4v) is 0.770. The van der Waals surface area contributed by atoms with E-state index in [2.05, 4.69) is 63.7 Å². The summed E-state index contributed by atoms with van der Waals surface area (Å²) in [5.41, 5.74) is 1.17. The second-order valence-electron chi connectivity index (χ2n) is 2.76. The van der Waals surface area contributed by atoms with Crippen LogP contribution in [0.25, 0.3) is 0 Å². The van der Waals surface area contributed by atoms with Crippen LogP contribution in [0.3, 0.4) is 0 Å². The van der Waals surface area contributed by atoms with Crippen molar-refractivity contribution in [1.82, 2.24) is 0 Å². The van der Waals surface area contributed by atoms with Crippen molar-refractivity contribution in [2.45, 2.75) is 39.8 Å². The molecule has 4 heteroatoms. The van der Waals surface area contributed by atoms with Crippen molar-refractivity contribution in [2.75, 3.05) is 0 Å². The molecule has 0 aliphatic carbocycles. The van der Waals surface area contributed by atoms with Crippen LogP contribution < -0.4 is 5.32 Å². The van der Waals surface area contributed by atoms with Crippen molar-refractivity contribution in [3.05, 3.63) is 0 Å². The van der Waals surface area contributed by atoms with Crippen LogP contribution in [0, 0.1) is 0 Å². The maximum atomic E-state index is 2.72. The van der Waals surface area contributed by atoms with Crippen molar-refractivity contribution in [3.63, 3.8) is 0 Å². The van der Waals surface area contributed by atoms with E-state index in [1.807, 2.05) is 0 Å². The molecule has 0 atom stereocenters. The summed E-state index contributed by atoms with van der Waals surface area (Å²) in [6.45, 7) is 8.83. The predicted octanol–water partition coefficient (Wildman–Crippen LogP) is 0.466. The van der Waals surface area contributed by atoms with Gasteiger partial charge in [-0.25, -0.2) is 0 Å². The van der Waals surface area contributed by atoms with Gasteiger partial charge in [0.1, 0.15) is 0 Å². The second-order valence-corrected chi connectivity index (χ2v) is 8.72. The first-order chi connectivity index (χ1) is 4.54. The van der Waals surface area contributed by atoms with Gasteiger partial charge in [0.25, 0.3) is 0 Å². The Morgan fingerprint density at radius 3 is 1.40 bits per heavy atom. The summed E-state index contributed by atoms with van der Waals surface area (Å²) >= 11 is 5.44.